The van der Waals surface area contributed by atoms with Gasteiger partial charge in [0, 0.05) is 18.7 Å². The van der Waals surface area contributed by atoms with Gasteiger partial charge in [-0.15, -0.1) is 0 Å². The zero-order chi connectivity index (χ0) is 24.4. The maximum Gasteiger partial charge on any atom is 0.329 e. The Morgan fingerprint density at radius 3 is 2.09 bits per heavy atom. The number of nitrogens with zero attached hydrogens (tertiary/aromatic N) is 1. The lowest BCUT2D eigenvalue weighted by Crippen LogP contribution is -2.33. The van der Waals surface area contributed by atoms with Gasteiger partial charge in [0.25, 0.3) is 0 Å². The summed E-state index contributed by atoms with van der Waals surface area (Å²) in [5.74, 6) is -1.90. The highest BCUT2D eigenvalue weighted by molar-refractivity contribution is 6.39. The van der Waals surface area contributed by atoms with Crippen molar-refractivity contribution in [2.24, 2.45) is 5.10 Å². The van der Waals surface area contributed by atoms with Crippen LogP contribution in [-0.4, -0.2) is 43.6 Å². The van der Waals surface area contributed by atoms with E-state index < -0.39 is 17.7 Å². The molecule has 0 heterocycles. The molecule has 33 heavy (non-hydrogen) atoms. The van der Waals surface area contributed by atoms with Gasteiger partial charge in [0.1, 0.15) is 11.5 Å². The summed E-state index contributed by atoms with van der Waals surface area (Å²) >= 11 is 0. The van der Waals surface area contributed by atoms with Crippen LogP contribution in [0.3, 0.4) is 0 Å². The molecule has 0 radical (unpaired) electrons. The summed E-state index contributed by atoms with van der Waals surface area (Å²) in [5, 5.41) is 11.5. The van der Waals surface area contributed by atoms with Crippen LogP contribution < -0.4 is 30.8 Å². The van der Waals surface area contributed by atoms with Crippen molar-refractivity contribution in [3.63, 3.8) is 0 Å². The third-order valence-corrected chi connectivity index (χ3v) is 4.14. The number of anilines is 3. The van der Waals surface area contributed by atoms with E-state index in [1.54, 1.807) is 36.4 Å². The second-order valence-electron chi connectivity index (χ2n) is 6.76. The largest absolute Gasteiger partial charge is 0.497 e. The van der Waals surface area contributed by atoms with Crippen molar-refractivity contribution in [2.45, 2.75) is 20.3 Å². The van der Waals surface area contributed by atoms with E-state index in [4.69, 9.17) is 9.47 Å². The predicted octanol–water partition coefficient (Wildman–Crippen LogP) is 2.12. The predicted molar refractivity (Wildman–Crippen MR) is 123 cm³/mol. The summed E-state index contributed by atoms with van der Waals surface area (Å²) in [6, 6.07) is 11.4. The standard InChI is InChI=1S/C22H25N5O6/c1-13(11-20(29)24-17-8-6-5-7-16(17)23-14(2)28)26-27-22(31)21(30)25-18-12-15(32-3)9-10-19(18)33-4/h5-10,12H,11H2,1-4H3,(H,23,28)(H,24,29)(H,25,30)(H,27,31). The van der Waals surface area contributed by atoms with Gasteiger partial charge in [-0.25, -0.2) is 5.43 Å². The first kappa shape index (κ1) is 24.9. The van der Waals surface area contributed by atoms with Gasteiger partial charge in [0.2, 0.25) is 11.8 Å². The van der Waals surface area contributed by atoms with E-state index in [1.165, 1.54) is 34.1 Å². The maximum absolute atomic E-state index is 12.3. The highest BCUT2D eigenvalue weighted by Gasteiger charge is 2.17. The molecule has 0 aromatic heterocycles. The second-order valence-corrected chi connectivity index (χ2v) is 6.76. The molecule has 0 saturated heterocycles. The van der Waals surface area contributed by atoms with Crippen molar-refractivity contribution in [1.29, 1.82) is 0 Å². The summed E-state index contributed by atoms with van der Waals surface area (Å²) in [5.41, 5.74) is 3.47. The van der Waals surface area contributed by atoms with E-state index in [9.17, 15) is 19.2 Å². The zero-order valence-corrected chi connectivity index (χ0v) is 18.6. The minimum atomic E-state index is -1.03. The molecular formula is C22H25N5O6. The van der Waals surface area contributed by atoms with Crippen molar-refractivity contribution in [3.05, 3.63) is 42.5 Å². The van der Waals surface area contributed by atoms with Crippen LogP contribution in [0, 0.1) is 0 Å². The molecule has 4 amide bonds. The number of carbonyl (C=O) groups is 4. The number of ether oxygens (including phenoxy) is 2. The highest BCUT2D eigenvalue weighted by atomic mass is 16.5. The van der Waals surface area contributed by atoms with Gasteiger partial charge in [-0.05, 0) is 31.2 Å². The van der Waals surface area contributed by atoms with Crippen LogP contribution >= 0.6 is 0 Å². The summed E-state index contributed by atoms with van der Waals surface area (Å²) in [7, 11) is 2.89. The molecule has 11 nitrogen and oxygen atoms in total. The fourth-order valence-corrected chi connectivity index (χ4v) is 2.64. The quantitative estimate of drug-likeness (QED) is 0.272. The molecule has 174 valence electrons. The number of carbonyl (C=O) groups excluding carboxylic acids is 4. The second kappa shape index (κ2) is 11.8. The molecule has 0 aliphatic rings. The van der Waals surface area contributed by atoms with E-state index >= 15 is 0 Å². The lowest BCUT2D eigenvalue weighted by atomic mass is 10.2. The van der Waals surface area contributed by atoms with Gasteiger partial charge >= 0.3 is 11.8 Å². The van der Waals surface area contributed by atoms with Crippen LogP contribution in [0.1, 0.15) is 20.3 Å². The molecule has 0 fully saturated rings. The molecule has 0 atom stereocenters. The maximum atomic E-state index is 12.3. The Balaban J connectivity index is 1.94. The Kier molecular flexibility index (Phi) is 8.92. The van der Waals surface area contributed by atoms with Gasteiger partial charge in [-0.1, -0.05) is 12.1 Å². The molecule has 0 bridgehead atoms. The molecule has 0 unspecified atom stereocenters. The topological polar surface area (TPSA) is 147 Å². The molecule has 4 N–H and O–H groups in total. The monoisotopic (exact) mass is 455 g/mol. The summed E-state index contributed by atoms with van der Waals surface area (Å²) in [6.45, 7) is 2.88. The molecule has 2 rings (SSSR count). The first-order valence-electron chi connectivity index (χ1n) is 9.76. The number of para-hydroxylation sites is 2. The Bertz CT molecular complexity index is 1080. The van der Waals surface area contributed by atoms with Crippen molar-refractivity contribution in [2.75, 3.05) is 30.2 Å². The molecule has 0 aliphatic carbocycles. The number of benzene rings is 2. The lowest BCUT2D eigenvalue weighted by Gasteiger charge is -2.11. The normalized spacial score (nSPS) is 10.6. The molecule has 0 aliphatic heterocycles. The minimum Gasteiger partial charge on any atom is -0.497 e. The number of hydrogen-bond donors (Lipinski definition) is 4. The number of hydrogen-bond acceptors (Lipinski definition) is 7. The average Bonchev–Trinajstić information content (AvgIpc) is 2.78. The Labute approximate surface area is 190 Å². The Morgan fingerprint density at radius 1 is 0.818 bits per heavy atom. The first-order chi connectivity index (χ1) is 15.7. The molecule has 2 aromatic rings. The summed E-state index contributed by atoms with van der Waals surface area (Å²) in [4.78, 5) is 47.8. The summed E-state index contributed by atoms with van der Waals surface area (Å²) < 4.78 is 10.2. The van der Waals surface area contributed by atoms with Crippen molar-refractivity contribution in [3.8, 4) is 11.5 Å². The van der Waals surface area contributed by atoms with Crippen LogP contribution in [0.2, 0.25) is 0 Å². The van der Waals surface area contributed by atoms with E-state index in [0.29, 0.717) is 22.9 Å². The van der Waals surface area contributed by atoms with Crippen LogP contribution in [0.5, 0.6) is 11.5 Å². The van der Waals surface area contributed by atoms with Gasteiger partial charge in [0.05, 0.1) is 37.7 Å². The number of rotatable bonds is 8. The van der Waals surface area contributed by atoms with Gasteiger partial charge < -0.3 is 25.4 Å². The third-order valence-electron chi connectivity index (χ3n) is 4.14. The number of amides is 4. The van der Waals surface area contributed by atoms with Gasteiger partial charge in [-0.2, -0.15) is 5.10 Å². The molecule has 0 saturated carbocycles. The number of methoxy groups -OCH3 is 2. The van der Waals surface area contributed by atoms with E-state index in [2.05, 4.69) is 26.5 Å². The van der Waals surface area contributed by atoms with Crippen LogP contribution in [0.4, 0.5) is 17.1 Å². The van der Waals surface area contributed by atoms with Crippen molar-refractivity contribution < 1.29 is 28.7 Å². The lowest BCUT2D eigenvalue weighted by molar-refractivity contribution is -0.136. The SMILES string of the molecule is COc1ccc(OC)c(NC(=O)C(=O)NN=C(C)CC(=O)Nc2ccccc2NC(C)=O)c1. The van der Waals surface area contributed by atoms with Crippen LogP contribution in [0.25, 0.3) is 0 Å². The molecule has 2 aromatic carbocycles. The molecule has 11 heteroatoms. The Morgan fingerprint density at radius 2 is 1.48 bits per heavy atom. The molecule has 0 spiro atoms. The van der Waals surface area contributed by atoms with E-state index in [1.807, 2.05) is 0 Å². The number of hydrazone groups is 1. The molecular weight excluding hydrogens is 430 g/mol. The fourth-order valence-electron chi connectivity index (χ4n) is 2.64. The zero-order valence-electron chi connectivity index (χ0n) is 18.6. The highest BCUT2D eigenvalue weighted by Crippen LogP contribution is 2.28. The average molecular weight is 455 g/mol. The van der Waals surface area contributed by atoms with Crippen molar-refractivity contribution in [1.82, 2.24) is 5.43 Å². The van der Waals surface area contributed by atoms with E-state index in [-0.39, 0.29) is 23.7 Å². The summed E-state index contributed by atoms with van der Waals surface area (Å²) in [6.07, 6.45) is -0.153. The minimum absolute atomic E-state index is 0.153. The first-order valence-corrected chi connectivity index (χ1v) is 9.76. The third kappa shape index (κ3) is 7.65. The van der Waals surface area contributed by atoms with Crippen LogP contribution in [-0.2, 0) is 19.2 Å². The fraction of sp³-hybridized carbons (Fsp3) is 0.227. The van der Waals surface area contributed by atoms with Crippen molar-refractivity contribution >= 4 is 46.4 Å². The van der Waals surface area contributed by atoms with E-state index in [0.717, 1.165) is 0 Å². The van der Waals surface area contributed by atoms with Gasteiger partial charge in [0.15, 0.2) is 0 Å². The van der Waals surface area contributed by atoms with Crippen LogP contribution in [0.15, 0.2) is 47.6 Å². The smallest absolute Gasteiger partial charge is 0.329 e. The Hall–Kier alpha value is -4.41. The van der Waals surface area contributed by atoms with Gasteiger partial charge in [-0.3, -0.25) is 19.2 Å². The number of nitrogens with one attached hydrogen (secondary N) is 4.